The molecular formula is C16H10ClNO2. The number of benzene rings is 2. The summed E-state index contributed by atoms with van der Waals surface area (Å²) in [6, 6.07) is 13.7. The lowest BCUT2D eigenvalue weighted by Gasteiger charge is -2.17. The van der Waals surface area contributed by atoms with Crippen molar-refractivity contribution in [2.24, 2.45) is 0 Å². The number of fused-ring (bicyclic) bond motifs is 1. The van der Waals surface area contributed by atoms with E-state index < -0.39 is 0 Å². The number of hydrogen-bond acceptors (Lipinski definition) is 2. The number of carbonyl (C=O) groups excluding carboxylic acids is 2. The number of imide groups is 1. The summed E-state index contributed by atoms with van der Waals surface area (Å²) in [5.41, 5.74) is 1.78. The molecule has 1 heterocycles. The molecule has 0 aliphatic carbocycles. The highest BCUT2D eigenvalue weighted by molar-refractivity contribution is 6.31. The first kappa shape index (κ1) is 12.6. The van der Waals surface area contributed by atoms with E-state index in [0.717, 1.165) is 4.90 Å². The summed E-state index contributed by atoms with van der Waals surface area (Å²) in [7, 11) is 0. The van der Waals surface area contributed by atoms with Gasteiger partial charge >= 0.3 is 0 Å². The van der Waals surface area contributed by atoms with Gasteiger partial charge < -0.3 is 0 Å². The molecule has 2 aromatic rings. The molecule has 0 spiro atoms. The SMILES string of the molecule is C=C(c1cccc(Cl)c1)N1C(=O)c2ccccc2C1=O. The molecule has 98 valence electrons. The van der Waals surface area contributed by atoms with Crippen molar-refractivity contribution < 1.29 is 9.59 Å². The van der Waals surface area contributed by atoms with E-state index in [1.807, 2.05) is 0 Å². The van der Waals surface area contributed by atoms with Crippen LogP contribution in [0.1, 0.15) is 26.3 Å². The van der Waals surface area contributed by atoms with E-state index in [2.05, 4.69) is 6.58 Å². The van der Waals surface area contributed by atoms with Crippen LogP contribution in [0.5, 0.6) is 0 Å². The van der Waals surface area contributed by atoms with Crippen LogP contribution >= 0.6 is 11.6 Å². The van der Waals surface area contributed by atoms with Crippen LogP contribution in [0.15, 0.2) is 55.1 Å². The molecule has 0 saturated carbocycles. The van der Waals surface area contributed by atoms with E-state index in [-0.39, 0.29) is 11.8 Å². The summed E-state index contributed by atoms with van der Waals surface area (Å²) >= 11 is 5.93. The van der Waals surface area contributed by atoms with E-state index in [1.54, 1.807) is 48.5 Å². The summed E-state index contributed by atoms with van der Waals surface area (Å²) in [5, 5.41) is 0.528. The van der Waals surface area contributed by atoms with Gasteiger partial charge in [0, 0.05) is 5.02 Å². The number of amides is 2. The monoisotopic (exact) mass is 283 g/mol. The second kappa shape index (κ2) is 4.62. The Balaban J connectivity index is 2.03. The third-order valence-electron chi connectivity index (χ3n) is 3.22. The molecule has 0 aromatic heterocycles. The topological polar surface area (TPSA) is 37.4 Å². The van der Waals surface area contributed by atoms with Crippen LogP contribution < -0.4 is 0 Å². The van der Waals surface area contributed by atoms with Crippen molar-refractivity contribution in [1.82, 2.24) is 4.90 Å². The van der Waals surface area contributed by atoms with Crippen molar-refractivity contribution in [3.63, 3.8) is 0 Å². The zero-order valence-corrected chi connectivity index (χ0v) is 11.2. The van der Waals surface area contributed by atoms with Gasteiger partial charge in [0.1, 0.15) is 0 Å². The molecule has 2 aromatic carbocycles. The van der Waals surface area contributed by atoms with Crippen LogP contribution in [-0.2, 0) is 0 Å². The van der Waals surface area contributed by atoms with Gasteiger partial charge in [0.25, 0.3) is 11.8 Å². The predicted octanol–water partition coefficient (Wildman–Crippen LogP) is 3.61. The van der Waals surface area contributed by atoms with Crippen molar-refractivity contribution in [2.75, 3.05) is 0 Å². The molecule has 0 N–H and O–H groups in total. The fourth-order valence-corrected chi connectivity index (χ4v) is 2.42. The molecule has 0 radical (unpaired) electrons. The van der Waals surface area contributed by atoms with Crippen molar-refractivity contribution >= 4 is 29.1 Å². The molecule has 0 bridgehead atoms. The molecule has 3 rings (SSSR count). The van der Waals surface area contributed by atoms with E-state index in [1.165, 1.54) is 0 Å². The minimum absolute atomic E-state index is 0.332. The summed E-state index contributed by atoms with van der Waals surface area (Å²) in [4.78, 5) is 25.7. The van der Waals surface area contributed by atoms with Gasteiger partial charge in [0.15, 0.2) is 0 Å². The molecule has 20 heavy (non-hydrogen) atoms. The zero-order valence-electron chi connectivity index (χ0n) is 10.5. The number of rotatable bonds is 2. The highest BCUT2D eigenvalue weighted by Gasteiger charge is 2.37. The molecule has 1 aliphatic rings. The van der Waals surface area contributed by atoms with Gasteiger partial charge in [-0.2, -0.15) is 0 Å². The molecule has 0 fully saturated rings. The summed E-state index contributed by atoms with van der Waals surface area (Å²) in [6.45, 7) is 3.86. The Morgan fingerprint density at radius 3 is 2.10 bits per heavy atom. The van der Waals surface area contributed by atoms with Crippen molar-refractivity contribution in [1.29, 1.82) is 0 Å². The largest absolute Gasteiger partial charge is 0.268 e. The maximum absolute atomic E-state index is 12.3. The zero-order chi connectivity index (χ0) is 14.3. The number of carbonyl (C=O) groups is 2. The van der Waals surface area contributed by atoms with Gasteiger partial charge in [-0.3, -0.25) is 9.59 Å². The normalized spacial score (nSPS) is 13.6. The molecule has 0 unspecified atom stereocenters. The van der Waals surface area contributed by atoms with Crippen LogP contribution in [0.3, 0.4) is 0 Å². The first-order chi connectivity index (χ1) is 9.59. The predicted molar refractivity (Wildman–Crippen MR) is 77.4 cm³/mol. The van der Waals surface area contributed by atoms with Crippen LogP contribution in [0.2, 0.25) is 5.02 Å². The van der Waals surface area contributed by atoms with E-state index in [9.17, 15) is 9.59 Å². The Morgan fingerprint density at radius 2 is 1.55 bits per heavy atom. The average molecular weight is 284 g/mol. The van der Waals surface area contributed by atoms with Gasteiger partial charge in [-0.25, -0.2) is 4.90 Å². The molecule has 0 saturated heterocycles. The summed E-state index contributed by atoms with van der Waals surface area (Å²) < 4.78 is 0. The van der Waals surface area contributed by atoms with Crippen molar-refractivity contribution in [3.05, 3.63) is 76.8 Å². The fourth-order valence-electron chi connectivity index (χ4n) is 2.23. The highest BCUT2D eigenvalue weighted by atomic mass is 35.5. The molecule has 4 heteroatoms. The molecular weight excluding hydrogens is 274 g/mol. The standard InChI is InChI=1S/C16H10ClNO2/c1-10(11-5-4-6-12(17)9-11)18-15(19)13-7-2-3-8-14(13)16(18)20/h2-9H,1H2. The van der Waals surface area contributed by atoms with Crippen LogP contribution in [-0.4, -0.2) is 16.7 Å². The Hall–Kier alpha value is -2.39. The third-order valence-corrected chi connectivity index (χ3v) is 3.46. The van der Waals surface area contributed by atoms with E-state index in [4.69, 9.17) is 11.6 Å². The van der Waals surface area contributed by atoms with E-state index in [0.29, 0.717) is 27.4 Å². The Labute approximate surface area is 121 Å². The number of nitrogens with zero attached hydrogens (tertiary/aromatic N) is 1. The Bertz CT molecular complexity index is 717. The third kappa shape index (κ3) is 1.84. The van der Waals surface area contributed by atoms with Crippen LogP contribution in [0.4, 0.5) is 0 Å². The van der Waals surface area contributed by atoms with Crippen molar-refractivity contribution in [2.45, 2.75) is 0 Å². The molecule has 1 aliphatic heterocycles. The quantitative estimate of drug-likeness (QED) is 0.790. The van der Waals surface area contributed by atoms with Gasteiger partial charge in [-0.1, -0.05) is 42.4 Å². The van der Waals surface area contributed by atoms with Crippen molar-refractivity contribution in [3.8, 4) is 0 Å². The highest BCUT2D eigenvalue weighted by Crippen LogP contribution is 2.30. The smallest absolute Gasteiger partial charge is 0.266 e. The summed E-state index contributed by atoms with van der Waals surface area (Å²) in [5.74, 6) is -0.703. The Kier molecular flexibility index (Phi) is 2.92. The lowest BCUT2D eigenvalue weighted by atomic mass is 10.1. The Morgan fingerprint density at radius 1 is 0.950 bits per heavy atom. The number of halogens is 1. The molecule has 3 nitrogen and oxygen atoms in total. The van der Waals surface area contributed by atoms with Crippen LogP contribution in [0.25, 0.3) is 5.70 Å². The second-order valence-electron chi connectivity index (χ2n) is 4.45. The maximum Gasteiger partial charge on any atom is 0.266 e. The second-order valence-corrected chi connectivity index (χ2v) is 4.88. The van der Waals surface area contributed by atoms with Gasteiger partial charge in [-0.15, -0.1) is 0 Å². The molecule has 2 amide bonds. The van der Waals surface area contributed by atoms with Gasteiger partial charge in [-0.05, 0) is 29.8 Å². The first-order valence-electron chi connectivity index (χ1n) is 6.02. The minimum atomic E-state index is -0.351. The van der Waals surface area contributed by atoms with E-state index >= 15 is 0 Å². The maximum atomic E-state index is 12.3. The lowest BCUT2D eigenvalue weighted by molar-refractivity contribution is 0.0736. The minimum Gasteiger partial charge on any atom is -0.268 e. The van der Waals surface area contributed by atoms with Gasteiger partial charge in [0.05, 0.1) is 16.8 Å². The lowest BCUT2D eigenvalue weighted by Crippen LogP contribution is -2.27. The average Bonchev–Trinajstić information content (AvgIpc) is 2.71. The first-order valence-corrected chi connectivity index (χ1v) is 6.40. The molecule has 0 atom stereocenters. The summed E-state index contributed by atoms with van der Waals surface area (Å²) in [6.07, 6.45) is 0. The van der Waals surface area contributed by atoms with Gasteiger partial charge in [0.2, 0.25) is 0 Å². The number of hydrogen-bond donors (Lipinski definition) is 0. The fraction of sp³-hybridized carbons (Fsp3) is 0. The van der Waals surface area contributed by atoms with Crippen LogP contribution in [0, 0.1) is 0 Å².